The average molecular weight is 520 g/mol. The zero-order valence-electron chi connectivity index (χ0n) is 20.9. The summed E-state index contributed by atoms with van der Waals surface area (Å²) in [5.74, 6) is 0. The van der Waals surface area contributed by atoms with Crippen molar-refractivity contribution < 1.29 is 4.57 Å². The Kier molecular flexibility index (Phi) is 4.76. The molecule has 0 bridgehead atoms. The van der Waals surface area contributed by atoms with Crippen molar-refractivity contribution in [2.24, 2.45) is 0 Å². The van der Waals surface area contributed by atoms with Gasteiger partial charge in [0.05, 0.1) is 27.6 Å². The summed E-state index contributed by atoms with van der Waals surface area (Å²) in [5.41, 5.74) is 5.75. The van der Waals surface area contributed by atoms with Gasteiger partial charge < -0.3 is 4.57 Å². The molecule has 0 amide bonds. The van der Waals surface area contributed by atoms with Gasteiger partial charge in [0.15, 0.2) is 7.14 Å². The zero-order valence-corrected chi connectivity index (χ0v) is 21.8. The van der Waals surface area contributed by atoms with Gasteiger partial charge in [-0.15, -0.1) is 0 Å². The van der Waals surface area contributed by atoms with Gasteiger partial charge >= 0.3 is 0 Å². The van der Waals surface area contributed by atoms with Gasteiger partial charge in [0.25, 0.3) is 0 Å². The second-order valence-corrected chi connectivity index (χ2v) is 12.6. The number of aromatic nitrogens is 3. The average Bonchev–Trinajstić information content (AvgIpc) is 3.41. The summed E-state index contributed by atoms with van der Waals surface area (Å²) < 4.78 is 17.2. The minimum absolute atomic E-state index is 0.791. The van der Waals surface area contributed by atoms with E-state index >= 15 is 0 Å². The van der Waals surface area contributed by atoms with Gasteiger partial charge in [-0.25, -0.2) is 9.97 Å². The fraction of sp³-hybridized carbons (Fsp3) is 0. The van der Waals surface area contributed by atoms with E-state index in [1.807, 2.05) is 91.0 Å². The lowest BCUT2D eigenvalue weighted by atomic mass is 10.1. The fourth-order valence-corrected chi connectivity index (χ4v) is 8.46. The molecule has 0 saturated heterocycles. The quantitative estimate of drug-likeness (QED) is 0.144. The highest BCUT2D eigenvalue weighted by molar-refractivity contribution is 7.85. The van der Waals surface area contributed by atoms with Gasteiger partial charge in [-0.2, -0.15) is 0 Å². The lowest BCUT2D eigenvalue weighted by Crippen LogP contribution is -2.24. The minimum atomic E-state index is -3.10. The third kappa shape index (κ3) is 3.22. The van der Waals surface area contributed by atoms with Crippen molar-refractivity contribution >= 4 is 72.4 Å². The largest absolute Gasteiger partial charge is 0.309 e. The van der Waals surface area contributed by atoms with Crippen LogP contribution in [0.3, 0.4) is 0 Å². The summed E-state index contributed by atoms with van der Waals surface area (Å²) >= 11 is 0. The van der Waals surface area contributed by atoms with E-state index in [4.69, 9.17) is 9.97 Å². The van der Waals surface area contributed by atoms with Gasteiger partial charge in [-0.05, 0) is 42.5 Å². The molecule has 5 heteroatoms. The molecule has 8 aromatic rings. The summed E-state index contributed by atoms with van der Waals surface area (Å²) in [6, 6.07) is 44.3. The highest BCUT2D eigenvalue weighted by Crippen LogP contribution is 2.43. The molecule has 0 saturated carbocycles. The maximum absolute atomic E-state index is 15.0. The normalized spacial score (nSPS) is 12.2. The minimum Gasteiger partial charge on any atom is -0.309 e. The highest BCUT2D eigenvalue weighted by Gasteiger charge is 2.30. The van der Waals surface area contributed by atoms with E-state index in [1.54, 1.807) is 0 Å². The van der Waals surface area contributed by atoms with E-state index in [0.29, 0.717) is 0 Å². The molecule has 184 valence electrons. The summed E-state index contributed by atoms with van der Waals surface area (Å²) in [5, 5.41) is 5.42. The molecule has 3 heterocycles. The number of pyridine rings is 2. The summed E-state index contributed by atoms with van der Waals surface area (Å²) in [6.07, 6.45) is 0. The van der Waals surface area contributed by atoms with Crippen molar-refractivity contribution in [3.05, 3.63) is 133 Å². The number of benzene rings is 5. The molecule has 39 heavy (non-hydrogen) atoms. The van der Waals surface area contributed by atoms with Gasteiger partial charge in [-0.3, -0.25) is 4.40 Å². The Hall–Kier alpha value is -4.79. The molecule has 0 aliphatic heterocycles. The number of hydrogen-bond acceptors (Lipinski definition) is 3. The molecule has 0 radical (unpaired) electrons. The predicted molar refractivity (Wildman–Crippen MR) is 162 cm³/mol. The third-order valence-corrected chi connectivity index (χ3v) is 10.7. The molecule has 4 nitrogen and oxygen atoms in total. The van der Waals surface area contributed by atoms with Crippen molar-refractivity contribution in [2.75, 3.05) is 0 Å². The van der Waals surface area contributed by atoms with E-state index in [2.05, 4.69) is 46.9 Å². The van der Waals surface area contributed by atoms with Crippen LogP contribution in [0.25, 0.3) is 49.4 Å². The van der Waals surface area contributed by atoms with Crippen molar-refractivity contribution in [2.45, 2.75) is 0 Å². The molecule has 3 aromatic heterocycles. The van der Waals surface area contributed by atoms with E-state index in [-0.39, 0.29) is 0 Å². The number of hydrogen-bond donors (Lipinski definition) is 0. The van der Waals surface area contributed by atoms with Crippen molar-refractivity contribution in [1.29, 1.82) is 0 Å². The molecule has 5 aromatic carbocycles. The maximum Gasteiger partial charge on any atom is 0.171 e. The first kappa shape index (κ1) is 22.2. The molecule has 0 fully saturated rings. The van der Waals surface area contributed by atoms with Crippen molar-refractivity contribution in [1.82, 2.24) is 14.4 Å². The highest BCUT2D eigenvalue weighted by atomic mass is 31.2. The second kappa shape index (κ2) is 8.36. The van der Waals surface area contributed by atoms with Crippen LogP contribution in [-0.4, -0.2) is 14.4 Å². The van der Waals surface area contributed by atoms with E-state index in [0.717, 1.165) is 65.3 Å². The smallest absolute Gasteiger partial charge is 0.171 e. The maximum atomic E-state index is 15.0. The number of fused-ring (bicyclic) bond motifs is 9. The van der Waals surface area contributed by atoms with Crippen LogP contribution >= 0.6 is 7.14 Å². The van der Waals surface area contributed by atoms with Gasteiger partial charge in [0, 0.05) is 32.1 Å². The van der Waals surface area contributed by atoms with Crippen molar-refractivity contribution in [3.8, 4) is 0 Å². The van der Waals surface area contributed by atoms with Gasteiger partial charge in [0.1, 0.15) is 5.65 Å². The summed E-state index contributed by atoms with van der Waals surface area (Å²) in [7, 11) is -3.10. The number of nitrogens with zero attached hydrogens (tertiary/aromatic N) is 3. The van der Waals surface area contributed by atoms with E-state index in [1.165, 1.54) is 0 Å². The Morgan fingerprint density at radius 2 is 1.15 bits per heavy atom. The topological polar surface area (TPSA) is 47.3 Å². The van der Waals surface area contributed by atoms with Crippen LogP contribution in [0.4, 0.5) is 0 Å². The first-order chi connectivity index (χ1) is 19.2. The molecule has 0 atom stereocenters. The standard InChI is InChI=1S/C34H22N3OP/c38-39(24-11-3-1-4-12-24,25-13-5-2-6-14-25)26-19-20-29-23(21-26)22-28-33(35-29)27-15-7-9-17-31(27)37-32-18-10-8-16-30(32)36-34(28)37/h1-22H. The monoisotopic (exact) mass is 519 g/mol. The van der Waals surface area contributed by atoms with Crippen LogP contribution in [0.15, 0.2) is 133 Å². The molecule has 0 aliphatic carbocycles. The Bertz CT molecular complexity index is 2210. The molecule has 0 N–H and O–H groups in total. The second-order valence-electron chi connectivity index (χ2n) is 9.82. The first-order valence-electron chi connectivity index (χ1n) is 13.0. The third-order valence-electron chi connectivity index (χ3n) is 7.60. The van der Waals surface area contributed by atoms with Gasteiger partial charge in [-0.1, -0.05) is 91.0 Å². The van der Waals surface area contributed by atoms with Crippen LogP contribution in [-0.2, 0) is 4.57 Å². The van der Waals surface area contributed by atoms with Gasteiger partial charge in [0.2, 0.25) is 0 Å². The van der Waals surface area contributed by atoms with Crippen LogP contribution in [0.1, 0.15) is 0 Å². The fourth-order valence-electron chi connectivity index (χ4n) is 5.78. The summed E-state index contributed by atoms with van der Waals surface area (Å²) in [4.78, 5) is 10.2. The molecular formula is C34H22N3OP. The Morgan fingerprint density at radius 3 is 1.90 bits per heavy atom. The zero-order chi connectivity index (χ0) is 26.0. The number of rotatable bonds is 3. The Labute approximate surface area is 224 Å². The first-order valence-corrected chi connectivity index (χ1v) is 14.7. The van der Waals surface area contributed by atoms with Crippen LogP contribution in [0.2, 0.25) is 0 Å². The Morgan fingerprint density at radius 1 is 0.513 bits per heavy atom. The lowest BCUT2D eigenvalue weighted by Gasteiger charge is -2.20. The molecule has 0 unspecified atom stereocenters. The van der Waals surface area contributed by atoms with E-state index in [9.17, 15) is 4.57 Å². The predicted octanol–water partition coefficient (Wildman–Crippen LogP) is 6.98. The molecule has 0 aliphatic rings. The molecule has 8 rings (SSSR count). The van der Waals surface area contributed by atoms with E-state index < -0.39 is 7.14 Å². The number of para-hydroxylation sites is 3. The molecular weight excluding hydrogens is 497 g/mol. The SMILES string of the molecule is O=P(c1ccccc1)(c1ccccc1)c1ccc2nc3c4ccccc4n4c5ccccc5nc4c3cc2c1. The Balaban J connectivity index is 1.47. The number of imidazole rings is 1. The summed E-state index contributed by atoms with van der Waals surface area (Å²) in [6.45, 7) is 0. The van der Waals surface area contributed by atoms with Crippen LogP contribution in [0, 0.1) is 0 Å². The van der Waals surface area contributed by atoms with Crippen molar-refractivity contribution in [3.63, 3.8) is 0 Å². The lowest BCUT2D eigenvalue weighted by molar-refractivity contribution is 0.592. The van der Waals surface area contributed by atoms with Crippen LogP contribution in [0.5, 0.6) is 0 Å². The van der Waals surface area contributed by atoms with Crippen LogP contribution < -0.4 is 15.9 Å². The molecule has 0 spiro atoms.